The Kier molecular flexibility index (Phi) is 4.22. The van der Waals surface area contributed by atoms with Crippen LogP contribution in [0.15, 0.2) is 35.5 Å². The number of alkyl halides is 3. The van der Waals surface area contributed by atoms with Crippen molar-refractivity contribution in [1.82, 2.24) is 15.0 Å². The number of pyridine rings is 1. The van der Waals surface area contributed by atoms with Crippen molar-refractivity contribution in [2.75, 3.05) is 0 Å². The molecule has 0 unspecified atom stereocenters. The number of hydrogen-bond donors (Lipinski definition) is 0. The van der Waals surface area contributed by atoms with Crippen LogP contribution in [0.4, 0.5) is 13.2 Å². The molecule has 0 aliphatic heterocycles. The van der Waals surface area contributed by atoms with Gasteiger partial charge in [-0.25, -0.2) is 9.97 Å². The van der Waals surface area contributed by atoms with Gasteiger partial charge in [0.25, 0.3) is 0 Å². The molecule has 0 bridgehead atoms. The van der Waals surface area contributed by atoms with E-state index in [0.29, 0.717) is 5.69 Å². The van der Waals surface area contributed by atoms with Crippen LogP contribution in [0.25, 0.3) is 11.5 Å². The Morgan fingerprint density at radius 1 is 1.05 bits per heavy atom. The van der Waals surface area contributed by atoms with Crippen molar-refractivity contribution in [1.29, 1.82) is 0 Å². The molecule has 0 aliphatic carbocycles. The summed E-state index contributed by atoms with van der Waals surface area (Å²) in [6.45, 7) is 5.73. The minimum absolute atomic E-state index is 0.0165. The molecule has 0 radical (unpaired) electrons. The second-order valence-electron chi connectivity index (χ2n) is 5.34. The van der Waals surface area contributed by atoms with Crippen molar-refractivity contribution in [3.05, 3.63) is 36.2 Å². The Morgan fingerprint density at radius 3 is 2.29 bits per heavy atom. The van der Waals surface area contributed by atoms with Gasteiger partial charge in [0.15, 0.2) is 5.82 Å². The molecule has 0 aliphatic rings. The van der Waals surface area contributed by atoms with Crippen LogP contribution in [0.1, 0.15) is 26.5 Å². The van der Waals surface area contributed by atoms with E-state index >= 15 is 0 Å². The zero-order valence-electron chi connectivity index (χ0n) is 11.8. The third-order valence-electron chi connectivity index (χ3n) is 2.30. The molecular formula is C14H14F3N3S. The van der Waals surface area contributed by atoms with E-state index in [1.807, 2.05) is 20.8 Å². The van der Waals surface area contributed by atoms with Crippen molar-refractivity contribution in [3.8, 4) is 11.5 Å². The fourth-order valence-corrected chi connectivity index (χ4v) is 2.48. The summed E-state index contributed by atoms with van der Waals surface area (Å²) in [4.78, 5) is 11.8. The van der Waals surface area contributed by atoms with Gasteiger partial charge in [0.2, 0.25) is 0 Å². The van der Waals surface area contributed by atoms with E-state index < -0.39 is 11.9 Å². The summed E-state index contributed by atoms with van der Waals surface area (Å²) in [7, 11) is 0. The van der Waals surface area contributed by atoms with Crippen molar-refractivity contribution in [2.45, 2.75) is 36.7 Å². The number of rotatable bonds is 2. The lowest BCUT2D eigenvalue weighted by Gasteiger charge is -2.18. The molecule has 0 saturated heterocycles. The quantitative estimate of drug-likeness (QED) is 0.606. The Balaban J connectivity index is 2.53. The molecule has 0 spiro atoms. The van der Waals surface area contributed by atoms with Gasteiger partial charge in [0, 0.05) is 17.0 Å². The maximum atomic E-state index is 13.0. The average Bonchev–Trinajstić information content (AvgIpc) is 2.36. The zero-order valence-corrected chi connectivity index (χ0v) is 12.6. The predicted molar refractivity (Wildman–Crippen MR) is 75.9 cm³/mol. The second-order valence-corrected chi connectivity index (χ2v) is 7.19. The molecule has 0 amide bonds. The summed E-state index contributed by atoms with van der Waals surface area (Å²) < 4.78 is 38.7. The first-order chi connectivity index (χ1) is 9.65. The van der Waals surface area contributed by atoms with Crippen LogP contribution < -0.4 is 0 Å². The number of thioether (sulfide) groups is 1. The molecule has 0 aromatic carbocycles. The lowest BCUT2D eigenvalue weighted by molar-refractivity contribution is -0.141. The van der Waals surface area contributed by atoms with Crippen molar-refractivity contribution in [3.63, 3.8) is 0 Å². The van der Waals surface area contributed by atoms with Crippen LogP contribution >= 0.6 is 11.8 Å². The van der Waals surface area contributed by atoms with Gasteiger partial charge >= 0.3 is 6.18 Å². The van der Waals surface area contributed by atoms with Crippen molar-refractivity contribution < 1.29 is 13.2 Å². The number of nitrogens with zero attached hydrogens (tertiary/aromatic N) is 3. The van der Waals surface area contributed by atoms with Crippen molar-refractivity contribution in [2.24, 2.45) is 0 Å². The van der Waals surface area contributed by atoms with Crippen molar-refractivity contribution >= 4 is 11.8 Å². The third kappa shape index (κ3) is 4.42. The minimum atomic E-state index is -4.51. The van der Waals surface area contributed by atoms with Gasteiger partial charge in [-0.2, -0.15) is 13.2 Å². The van der Waals surface area contributed by atoms with E-state index in [9.17, 15) is 13.2 Å². The van der Waals surface area contributed by atoms with Crippen LogP contribution in [0, 0.1) is 0 Å². The SMILES string of the molecule is CC(C)(C)Sc1cc(C(F)(F)F)nc(-c2ccccn2)n1. The van der Waals surface area contributed by atoms with Crippen LogP contribution in [0.5, 0.6) is 0 Å². The molecule has 0 fully saturated rings. The number of aromatic nitrogens is 3. The first-order valence-corrected chi connectivity index (χ1v) is 7.03. The van der Waals surface area contributed by atoms with Gasteiger partial charge in [-0.05, 0) is 12.1 Å². The molecule has 2 heterocycles. The van der Waals surface area contributed by atoms with E-state index in [1.54, 1.807) is 18.2 Å². The van der Waals surface area contributed by atoms with Crippen LogP contribution in [0.2, 0.25) is 0 Å². The minimum Gasteiger partial charge on any atom is -0.253 e. The maximum Gasteiger partial charge on any atom is 0.433 e. The summed E-state index contributed by atoms with van der Waals surface area (Å²) in [5.41, 5.74) is -0.635. The zero-order chi connectivity index (χ0) is 15.7. The summed E-state index contributed by atoms with van der Waals surface area (Å²) in [5, 5.41) is 0.283. The third-order valence-corrected chi connectivity index (χ3v) is 3.33. The Hall–Kier alpha value is -1.63. The summed E-state index contributed by atoms with van der Waals surface area (Å²) >= 11 is 1.26. The van der Waals surface area contributed by atoms with Gasteiger partial charge < -0.3 is 0 Å². The van der Waals surface area contributed by atoms with Gasteiger partial charge in [-0.3, -0.25) is 4.98 Å². The molecule has 112 valence electrons. The fraction of sp³-hybridized carbons (Fsp3) is 0.357. The van der Waals surface area contributed by atoms with Gasteiger partial charge in [0.1, 0.15) is 16.4 Å². The van der Waals surface area contributed by atoms with Gasteiger partial charge in [0.05, 0.1) is 0 Å². The molecule has 7 heteroatoms. The Bertz CT molecular complexity index is 622. The highest BCUT2D eigenvalue weighted by Crippen LogP contribution is 2.35. The van der Waals surface area contributed by atoms with Gasteiger partial charge in [-0.15, -0.1) is 11.8 Å². The first kappa shape index (κ1) is 15.8. The standard InChI is InChI=1S/C14H14F3N3S/c1-13(2,3)21-11-8-10(14(15,16)17)19-12(20-11)9-6-4-5-7-18-9/h4-8H,1-3H3. The Labute approximate surface area is 125 Å². The predicted octanol–water partition coefficient (Wildman–Crippen LogP) is 4.45. The second kappa shape index (κ2) is 5.63. The van der Waals surface area contributed by atoms with Crippen LogP contribution in [-0.4, -0.2) is 19.7 Å². The highest BCUT2D eigenvalue weighted by Gasteiger charge is 2.34. The molecular weight excluding hydrogens is 299 g/mol. The number of halogens is 3. The average molecular weight is 313 g/mol. The van der Waals surface area contributed by atoms with E-state index in [2.05, 4.69) is 15.0 Å². The molecule has 0 N–H and O–H groups in total. The maximum absolute atomic E-state index is 13.0. The molecule has 0 saturated carbocycles. The van der Waals surface area contributed by atoms with E-state index in [4.69, 9.17) is 0 Å². The summed E-state index contributed by atoms with van der Waals surface area (Å²) in [6, 6.07) is 5.92. The molecule has 2 aromatic rings. The molecule has 0 atom stereocenters. The first-order valence-electron chi connectivity index (χ1n) is 6.22. The topological polar surface area (TPSA) is 38.7 Å². The largest absolute Gasteiger partial charge is 0.433 e. The monoisotopic (exact) mass is 313 g/mol. The smallest absolute Gasteiger partial charge is 0.253 e. The fourth-order valence-electron chi connectivity index (χ4n) is 1.55. The molecule has 21 heavy (non-hydrogen) atoms. The normalized spacial score (nSPS) is 12.5. The number of hydrogen-bond acceptors (Lipinski definition) is 4. The van der Waals surface area contributed by atoms with E-state index in [-0.39, 0.29) is 15.6 Å². The molecule has 3 nitrogen and oxygen atoms in total. The van der Waals surface area contributed by atoms with Crippen LogP contribution in [0.3, 0.4) is 0 Å². The highest BCUT2D eigenvalue weighted by molar-refractivity contribution is 8.00. The lowest BCUT2D eigenvalue weighted by atomic mass is 10.3. The summed E-state index contributed by atoms with van der Waals surface area (Å²) in [5.74, 6) is -0.0165. The van der Waals surface area contributed by atoms with E-state index in [1.165, 1.54) is 18.0 Å². The lowest BCUT2D eigenvalue weighted by Crippen LogP contribution is -2.13. The van der Waals surface area contributed by atoms with E-state index in [0.717, 1.165) is 6.07 Å². The van der Waals surface area contributed by atoms with Gasteiger partial charge in [-0.1, -0.05) is 26.8 Å². The molecule has 2 aromatic heterocycles. The highest BCUT2D eigenvalue weighted by atomic mass is 32.2. The Morgan fingerprint density at radius 2 is 1.76 bits per heavy atom. The van der Waals surface area contributed by atoms with Crippen LogP contribution in [-0.2, 0) is 6.18 Å². The molecule has 2 rings (SSSR count). The summed E-state index contributed by atoms with van der Waals surface area (Å²) in [6.07, 6.45) is -3.02.